The third-order valence-corrected chi connectivity index (χ3v) is 4.21. The van der Waals surface area contributed by atoms with Crippen molar-refractivity contribution in [3.8, 4) is 0 Å². The third-order valence-electron chi connectivity index (χ3n) is 1.84. The van der Waals surface area contributed by atoms with Gasteiger partial charge in [0.2, 0.25) is 0 Å². The second-order valence-electron chi connectivity index (χ2n) is 3.20. The van der Waals surface area contributed by atoms with Crippen molar-refractivity contribution in [2.45, 2.75) is 0 Å². The normalized spacial score (nSPS) is 9.89. The molecule has 0 spiro atoms. The first-order chi connectivity index (χ1) is 9.20. The summed E-state index contributed by atoms with van der Waals surface area (Å²) in [6, 6.07) is 3.40. The molecule has 1 amide bonds. The van der Waals surface area contributed by atoms with Crippen molar-refractivity contribution in [1.29, 1.82) is 0 Å². The fourth-order valence-electron chi connectivity index (χ4n) is 1.07. The molecule has 7 nitrogen and oxygen atoms in total. The number of amides is 1. The Morgan fingerprint density at radius 2 is 2.26 bits per heavy atom. The molecule has 0 aliphatic heterocycles. The van der Waals surface area contributed by atoms with Gasteiger partial charge in [0.25, 0.3) is 11.0 Å². The van der Waals surface area contributed by atoms with Crippen LogP contribution in [0, 0.1) is 10.1 Å². The van der Waals surface area contributed by atoms with E-state index in [-0.39, 0.29) is 12.5 Å². The minimum atomic E-state index is -0.806. The highest BCUT2D eigenvalue weighted by molar-refractivity contribution is 8.76. The first kappa shape index (κ1) is 15.6. The summed E-state index contributed by atoms with van der Waals surface area (Å²) >= 11 is 0. The van der Waals surface area contributed by atoms with Gasteiger partial charge in [-0.15, -0.1) is 10.1 Å². The van der Waals surface area contributed by atoms with E-state index in [1.807, 2.05) is 0 Å². The van der Waals surface area contributed by atoms with Crippen molar-refractivity contribution in [1.82, 2.24) is 10.3 Å². The SMILES string of the molecule is O=C(NCCSSCCO[N+](=O)[O-])c1cccnc1. The van der Waals surface area contributed by atoms with E-state index in [1.54, 1.807) is 18.3 Å². The summed E-state index contributed by atoms with van der Waals surface area (Å²) in [5.41, 5.74) is 0.527. The van der Waals surface area contributed by atoms with Gasteiger partial charge in [-0.3, -0.25) is 9.78 Å². The van der Waals surface area contributed by atoms with Crippen LogP contribution in [0.15, 0.2) is 24.5 Å². The lowest BCUT2D eigenvalue weighted by Gasteiger charge is -2.04. The number of aromatic nitrogens is 1. The molecule has 1 heterocycles. The van der Waals surface area contributed by atoms with Gasteiger partial charge in [0.05, 0.1) is 5.56 Å². The molecule has 0 fully saturated rings. The van der Waals surface area contributed by atoms with Gasteiger partial charge in [0.15, 0.2) is 0 Å². The molecule has 1 aromatic heterocycles. The Bertz CT molecular complexity index is 405. The number of carbonyl (C=O) groups excluding carboxylic acids is 1. The minimum absolute atomic E-state index is 0.0761. The molecule has 0 aromatic carbocycles. The van der Waals surface area contributed by atoms with E-state index < -0.39 is 5.09 Å². The Morgan fingerprint density at radius 1 is 1.47 bits per heavy atom. The highest BCUT2D eigenvalue weighted by atomic mass is 33.1. The van der Waals surface area contributed by atoms with Crippen molar-refractivity contribution >= 4 is 27.5 Å². The molecule has 19 heavy (non-hydrogen) atoms. The van der Waals surface area contributed by atoms with Crippen molar-refractivity contribution in [2.75, 3.05) is 24.7 Å². The predicted molar refractivity (Wildman–Crippen MR) is 74.4 cm³/mol. The van der Waals surface area contributed by atoms with Crippen LogP contribution in [0.25, 0.3) is 0 Å². The van der Waals surface area contributed by atoms with E-state index in [0.717, 1.165) is 5.75 Å². The summed E-state index contributed by atoms with van der Waals surface area (Å²) < 4.78 is 0. The smallest absolute Gasteiger partial charge is 0.294 e. The molecule has 0 unspecified atom stereocenters. The Kier molecular flexibility index (Phi) is 7.75. The standard InChI is InChI=1S/C10H13N3O4S2/c14-10(9-2-1-3-11-8-9)12-4-6-18-19-7-5-17-13(15)16/h1-3,8H,4-7H2,(H,12,14). The molecular formula is C10H13N3O4S2. The maximum atomic E-state index is 11.6. The zero-order chi connectivity index (χ0) is 13.9. The van der Waals surface area contributed by atoms with E-state index >= 15 is 0 Å². The Balaban J connectivity index is 1.99. The van der Waals surface area contributed by atoms with Gasteiger partial charge < -0.3 is 10.2 Å². The van der Waals surface area contributed by atoms with Crippen LogP contribution in [-0.2, 0) is 4.84 Å². The van der Waals surface area contributed by atoms with E-state index in [9.17, 15) is 14.9 Å². The Labute approximate surface area is 118 Å². The Morgan fingerprint density at radius 3 is 2.95 bits per heavy atom. The molecule has 0 bridgehead atoms. The molecular weight excluding hydrogens is 290 g/mol. The van der Waals surface area contributed by atoms with E-state index in [4.69, 9.17) is 0 Å². The average molecular weight is 303 g/mol. The molecule has 0 aliphatic carbocycles. The Hall–Kier alpha value is -1.48. The van der Waals surface area contributed by atoms with Crippen molar-refractivity contribution in [2.24, 2.45) is 0 Å². The van der Waals surface area contributed by atoms with Crippen molar-refractivity contribution in [3.05, 3.63) is 40.2 Å². The van der Waals surface area contributed by atoms with E-state index in [2.05, 4.69) is 15.1 Å². The summed E-state index contributed by atoms with van der Waals surface area (Å²) in [5.74, 6) is 1.09. The van der Waals surface area contributed by atoms with Crippen LogP contribution in [0.2, 0.25) is 0 Å². The summed E-state index contributed by atoms with van der Waals surface area (Å²) in [6.07, 6.45) is 3.11. The lowest BCUT2D eigenvalue weighted by Crippen LogP contribution is -2.25. The highest BCUT2D eigenvalue weighted by Gasteiger charge is 2.03. The van der Waals surface area contributed by atoms with Gasteiger partial charge in [-0.1, -0.05) is 21.6 Å². The van der Waals surface area contributed by atoms with Gasteiger partial charge in [-0.2, -0.15) is 0 Å². The fraction of sp³-hybridized carbons (Fsp3) is 0.400. The van der Waals surface area contributed by atoms with Crippen molar-refractivity contribution < 1.29 is 14.7 Å². The molecule has 1 rings (SSSR count). The second kappa shape index (κ2) is 9.45. The fourth-order valence-corrected chi connectivity index (χ4v) is 2.79. The zero-order valence-corrected chi connectivity index (χ0v) is 11.6. The van der Waals surface area contributed by atoms with Crippen LogP contribution in [0.1, 0.15) is 10.4 Å². The summed E-state index contributed by atoms with van der Waals surface area (Å²) in [7, 11) is 2.99. The number of rotatable bonds is 9. The van der Waals surface area contributed by atoms with Gasteiger partial charge in [-0.05, 0) is 12.1 Å². The zero-order valence-electron chi connectivity index (χ0n) is 9.98. The van der Waals surface area contributed by atoms with Crippen LogP contribution in [0.3, 0.4) is 0 Å². The average Bonchev–Trinajstić information content (AvgIpc) is 2.42. The van der Waals surface area contributed by atoms with Crippen LogP contribution in [0.4, 0.5) is 0 Å². The number of pyridine rings is 1. The number of carbonyl (C=O) groups is 1. The largest absolute Gasteiger partial charge is 0.351 e. The first-order valence-electron chi connectivity index (χ1n) is 5.40. The van der Waals surface area contributed by atoms with Gasteiger partial charge in [0, 0.05) is 30.4 Å². The topological polar surface area (TPSA) is 94.4 Å². The number of hydrogen-bond acceptors (Lipinski definition) is 7. The molecule has 0 saturated carbocycles. The second-order valence-corrected chi connectivity index (χ2v) is 5.90. The molecule has 0 saturated heterocycles. The third kappa shape index (κ3) is 7.52. The highest BCUT2D eigenvalue weighted by Crippen LogP contribution is 2.19. The number of nitrogens with zero attached hydrogens (tertiary/aromatic N) is 2. The maximum Gasteiger partial charge on any atom is 0.294 e. The van der Waals surface area contributed by atoms with E-state index in [0.29, 0.717) is 17.9 Å². The summed E-state index contributed by atoms with van der Waals surface area (Å²) in [4.78, 5) is 29.5. The van der Waals surface area contributed by atoms with Crippen LogP contribution >= 0.6 is 21.6 Å². The van der Waals surface area contributed by atoms with Crippen LogP contribution < -0.4 is 5.32 Å². The molecule has 0 aliphatic rings. The molecule has 0 atom stereocenters. The summed E-state index contributed by atoms with van der Waals surface area (Å²) in [5, 5.41) is 11.8. The van der Waals surface area contributed by atoms with Gasteiger partial charge >= 0.3 is 0 Å². The van der Waals surface area contributed by atoms with Crippen molar-refractivity contribution in [3.63, 3.8) is 0 Å². The van der Waals surface area contributed by atoms with Crippen LogP contribution in [-0.4, -0.2) is 40.6 Å². The molecule has 0 radical (unpaired) electrons. The lowest BCUT2D eigenvalue weighted by atomic mass is 10.3. The summed E-state index contributed by atoms with van der Waals surface area (Å²) in [6.45, 7) is 0.605. The van der Waals surface area contributed by atoms with Gasteiger partial charge in [-0.25, -0.2) is 0 Å². The lowest BCUT2D eigenvalue weighted by molar-refractivity contribution is -0.756. The molecule has 104 valence electrons. The van der Waals surface area contributed by atoms with Gasteiger partial charge in [0.1, 0.15) is 6.61 Å². The molecule has 1 N–H and O–H groups in total. The van der Waals surface area contributed by atoms with E-state index in [1.165, 1.54) is 27.8 Å². The molecule has 1 aromatic rings. The maximum absolute atomic E-state index is 11.6. The minimum Gasteiger partial charge on any atom is -0.351 e. The predicted octanol–water partition coefficient (Wildman–Crippen LogP) is 1.40. The molecule has 9 heteroatoms. The monoisotopic (exact) mass is 303 g/mol. The first-order valence-corrected chi connectivity index (χ1v) is 7.89. The number of nitrogens with one attached hydrogen (secondary N) is 1. The quantitative estimate of drug-likeness (QED) is 0.319. The van der Waals surface area contributed by atoms with Crippen LogP contribution in [0.5, 0.6) is 0 Å². The number of hydrogen-bond donors (Lipinski definition) is 1.